The van der Waals surface area contributed by atoms with E-state index in [0.717, 1.165) is 4.57 Å². The summed E-state index contributed by atoms with van der Waals surface area (Å²) in [6.45, 7) is 2.69. The molecule has 8 heteroatoms. The maximum Gasteiger partial charge on any atom is 0.332 e. The second-order valence-corrected chi connectivity index (χ2v) is 4.74. The molecule has 0 spiro atoms. The number of fused-ring (bicyclic) bond motifs is 1. The van der Waals surface area contributed by atoms with Crippen molar-refractivity contribution in [1.29, 1.82) is 0 Å². The van der Waals surface area contributed by atoms with E-state index in [4.69, 9.17) is 4.74 Å². The van der Waals surface area contributed by atoms with Crippen molar-refractivity contribution in [3.8, 4) is 0 Å². The Morgan fingerprint density at radius 3 is 2.50 bits per heavy atom. The van der Waals surface area contributed by atoms with Crippen molar-refractivity contribution in [2.24, 2.45) is 14.1 Å². The zero-order chi connectivity index (χ0) is 14.3. The molecule has 106 valence electrons. The summed E-state index contributed by atoms with van der Waals surface area (Å²) in [6.07, 6.45) is 0. The molecule has 0 saturated carbocycles. The molecular weight excluding hydrogens is 262 g/mol. The number of ether oxygens (including phenoxy) is 1. The zero-order valence-electron chi connectivity index (χ0n) is 11.4. The van der Waals surface area contributed by atoms with Crippen LogP contribution in [0.4, 0.5) is 5.82 Å². The molecule has 0 radical (unpaired) electrons. The predicted octanol–water partition coefficient (Wildman–Crippen LogP) is -1.14. The van der Waals surface area contributed by atoms with Crippen LogP contribution in [0.25, 0.3) is 11.0 Å². The van der Waals surface area contributed by atoms with Crippen molar-refractivity contribution in [3.05, 3.63) is 26.9 Å². The Morgan fingerprint density at radius 2 is 1.80 bits per heavy atom. The number of rotatable bonds is 1. The largest absolute Gasteiger partial charge is 0.378 e. The first-order valence-electron chi connectivity index (χ1n) is 6.36. The SMILES string of the molecule is Cn1c(=O)c2cc(N3CCOCC3)nnc2n(C)c1=O. The van der Waals surface area contributed by atoms with Gasteiger partial charge >= 0.3 is 5.69 Å². The average Bonchev–Trinajstić information content (AvgIpc) is 2.51. The van der Waals surface area contributed by atoms with Gasteiger partial charge in [0, 0.05) is 27.2 Å². The summed E-state index contributed by atoms with van der Waals surface area (Å²) < 4.78 is 7.69. The molecule has 20 heavy (non-hydrogen) atoms. The normalized spacial score (nSPS) is 15.8. The number of morpholine rings is 1. The Bertz CT molecular complexity index is 773. The number of anilines is 1. The Morgan fingerprint density at radius 1 is 1.10 bits per heavy atom. The summed E-state index contributed by atoms with van der Waals surface area (Å²) in [6, 6.07) is 1.69. The van der Waals surface area contributed by atoms with Gasteiger partial charge in [0.15, 0.2) is 11.5 Å². The maximum atomic E-state index is 12.2. The summed E-state index contributed by atoms with van der Waals surface area (Å²) >= 11 is 0. The Balaban J connectivity index is 2.20. The standard InChI is InChI=1S/C12H15N5O3/c1-15-10-8(11(18)16(2)12(15)19)7-9(13-14-10)17-3-5-20-6-4-17/h7H,3-6H2,1-2H3. The van der Waals surface area contributed by atoms with Crippen LogP contribution in [0, 0.1) is 0 Å². The first-order chi connectivity index (χ1) is 9.59. The van der Waals surface area contributed by atoms with Crippen LogP contribution in [0.3, 0.4) is 0 Å². The molecule has 2 aromatic rings. The van der Waals surface area contributed by atoms with Crippen molar-refractivity contribution < 1.29 is 4.74 Å². The summed E-state index contributed by atoms with van der Waals surface area (Å²) in [4.78, 5) is 26.0. The highest BCUT2D eigenvalue weighted by Crippen LogP contribution is 2.14. The Labute approximate surface area is 114 Å². The van der Waals surface area contributed by atoms with Crippen LogP contribution in [-0.4, -0.2) is 45.6 Å². The molecule has 1 aliphatic heterocycles. The van der Waals surface area contributed by atoms with Crippen LogP contribution >= 0.6 is 0 Å². The molecule has 2 aromatic heterocycles. The van der Waals surface area contributed by atoms with Gasteiger partial charge in [-0.25, -0.2) is 4.79 Å². The van der Waals surface area contributed by atoms with E-state index in [-0.39, 0.29) is 5.56 Å². The van der Waals surface area contributed by atoms with Crippen molar-refractivity contribution in [1.82, 2.24) is 19.3 Å². The van der Waals surface area contributed by atoms with Crippen molar-refractivity contribution in [2.45, 2.75) is 0 Å². The Kier molecular flexibility index (Phi) is 3.01. The van der Waals surface area contributed by atoms with Crippen LogP contribution in [0.2, 0.25) is 0 Å². The molecule has 3 heterocycles. The van der Waals surface area contributed by atoms with Gasteiger partial charge in [-0.1, -0.05) is 0 Å². The molecule has 1 saturated heterocycles. The van der Waals surface area contributed by atoms with Gasteiger partial charge in [-0.05, 0) is 6.07 Å². The number of aromatic nitrogens is 4. The molecule has 0 atom stereocenters. The smallest absolute Gasteiger partial charge is 0.332 e. The van der Waals surface area contributed by atoms with Gasteiger partial charge in [0.2, 0.25) is 0 Å². The third-order valence-corrected chi connectivity index (χ3v) is 3.52. The monoisotopic (exact) mass is 277 g/mol. The first kappa shape index (κ1) is 12.8. The van der Waals surface area contributed by atoms with Gasteiger partial charge in [0.1, 0.15) is 0 Å². The number of nitrogens with zero attached hydrogens (tertiary/aromatic N) is 5. The molecule has 1 aliphatic rings. The lowest BCUT2D eigenvalue weighted by Crippen LogP contribution is -2.39. The minimum atomic E-state index is -0.407. The summed E-state index contributed by atoms with van der Waals surface area (Å²) in [7, 11) is 3.03. The van der Waals surface area contributed by atoms with E-state index in [2.05, 4.69) is 10.2 Å². The number of hydrogen-bond acceptors (Lipinski definition) is 6. The molecule has 1 fully saturated rings. The van der Waals surface area contributed by atoms with Crippen LogP contribution in [0.1, 0.15) is 0 Å². The molecule has 0 amide bonds. The first-order valence-corrected chi connectivity index (χ1v) is 6.36. The van der Waals surface area contributed by atoms with E-state index in [9.17, 15) is 9.59 Å². The maximum absolute atomic E-state index is 12.2. The lowest BCUT2D eigenvalue weighted by Gasteiger charge is -2.27. The van der Waals surface area contributed by atoms with E-state index >= 15 is 0 Å². The van der Waals surface area contributed by atoms with Gasteiger partial charge in [-0.2, -0.15) is 0 Å². The second-order valence-electron chi connectivity index (χ2n) is 4.74. The van der Waals surface area contributed by atoms with Gasteiger partial charge in [0.05, 0.1) is 18.6 Å². The van der Waals surface area contributed by atoms with E-state index in [0.29, 0.717) is 43.2 Å². The van der Waals surface area contributed by atoms with Crippen molar-refractivity contribution in [2.75, 3.05) is 31.2 Å². The fraction of sp³-hybridized carbons (Fsp3) is 0.500. The Hall–Kier alpha value is -2.22. The zero-order valence-corrected chi connectivity index (χ0v) is 11.4. The molecule has 3 rings (SSSR count). The van der Waals surface area contributed by atoms with Crippen LogP contribution in [0.15, 0.2) is 15.7 Å². The number of aryl methyl sites for hydroxylation is 1. The fourth-order valence-corrected chi connectivity index (χ4v) is 2.31. The second kappa shape index (κ2) is 4.71. The fourth-order valence-electron chi connectivity index (χ4n) is 2.31. The van der Waals surface area contributed by atoms with Gasteiger partial charge in [-0.15, -0.1) is 10.2 Å². The van der Waals surface area contributed by atoms with Crippen LogP contribution in [-0.2, 0) is 18.8 Å². The molecule has 0 aliphatic carbocycles. The van der Waals surface area contributed by atoms with E-state index in [1.54, 1.807) is 13.1 Å². The summed E-state index contributed by atoms with van der Waals surface area (Å²) in [5.41, 5.74) is -0.460. The number of hydrogen-bond donors (Lipinski definition) is 0. The van der Waals surface area contributed by atoms with Crippen molar-refractivity contribution in [3.63, 3.8) is 0 Å². The lowest BCUT2D eigenvalue weighted by atomic mass is 10.3. The van der Waals surface area contributed by atoms with Crippen LogP contribution < -0.4 is 16.1 Å². The summed E-state index contributed by atoms with van der Waals surface area (Å²) in [5.74, 6) is 0.636. The highest BCUT2D eigenvalue weighted by atomic mass is 16.5. The quantitative estimate of drug-likeness (QED) is 0.655. The van der Waals surface area contributed by atoms with Crippen LogP contribution in [0.5, 0.6) is 0 Å². The molecular formula is C12H15N5O3. The minimum Gasteiger partial charge on any atom is -0.378 e. The molecule has 0 N–H and O–H groups in total. The van der Waals surface area contributed by atoms with Gasteiger partial charge < -0.3 is 9.64 Å². The van der Waals surface area contributed by atoms with Gasteiger partial charge in [-0.3, -0.25) is 13.9 Å². The van der Waals surface area contributed by atoms with E-state index in [1.807, 2.05) is 4.90 Å². The molecule has 0 aromatic carbocycles. The third-order valence-electron chi connectivity index (χ3n) is 3.52. The lowest BCUT2D eigenvalue weighted by molar-refractivity contribution is 0.122. The van der Waals surface area contributed by atoms with E-state index in [1.165, 1.54) is 11.6 Å². The predicted molar refractivity (Wildman–Crippen MR) is 73.1 cm³/mol. The summed E-state index contributed by atoms with van der Waals surface area (Å²) in [5, 5.41) is 8.55. The molecule has 0 bridgehead atoms. The third kappa shape index (κ3) is 1.88. The molecule has 0 unspecified atom stereocenters. The average molecular weight is 277 g/mol. The van der Waals surface area contributed by atoms with Gasteiger partial charge in [0.25, 0.3) is 5.56 Å². The molecule has 8 nitrogen and oxygen atoms in total. The van der Waals surface area contributed by atoms with Crippen molar-refractivity contribution >= 4 is 16.9 Å². The topological polar surface area (TPSA) is 82.2 Å². The minimum absolute atomic E-state index is 0.301. The highest BCUT2D eigenvalue weighted by Gasteiger charge is 2.16. The van der Waals surface area contributed by atoms with E-state index < -0.39 is 5.69 Å². The highest BCUT2D eigenvalue weighted by molar-refractivity contribution is 5.76.